The third kappa shape index (κ3) is 2.12. The second kappa shape index (κ2) is 3.82. The first-order chi connectivity index (χ1) is 6.93. The van der Waals surface area contributed by atoms with Crippen LogP contribution in [0, 0.1) is 0 Å². The van der Waals surface area contributed by atoms with Crippen LogP contribution in [0.15, 0.2) is 0 Å². The largest absolute Gasteiger partial charge is 0.370 e. The van der Waals surface area contributed by atoms with Crippen LogP contribution < -0.4 is 0 Å². The second-order valence-electron chi connectivity index (χ2n) is 4.99. The molecule has 4 atom stereocenters. The number of rotatable bonds is 0. The lowest BCUT2D eigenvalue weighted by Gasteiger charge is -2.00. The predicted molar refractivity (Wildman–Crippen MR) is 54.3 cm³/mol. The van der Waals surface area contributed by atoms with Gasteiger partial charge >= 0.3 is 0 Å². The molecule has 2 nitrogen and oxygen atoms in total. The van der Waals surface area contributed by atoms with Crippen molar-refractivity contribution in [1.29, 1.82) is 0 Å². The minimum Gasteiger partial charge on any atom is -0.370 e. The Labute approximate surface area is 86.0 Å². The lowest BCUT2D eigenvalue weighted by molar-refractivity contribution is 0.329. The van der Waals surface area contributed by atoms with Crippen LogP contribution in [0.5, 0.6) is 0 Å². The Kier molecular flexibility index (Phi) is 2.50. The van der Waals surface area contributed by atoms with Crippen molar-refractivity contribution >= 4 is 0 Å². The second-order valence-corrected chi connectivity index (χ2v) is 4.99. The first-order valence-corrected chi connectivity index (χ1v) is 6.24. The molecule has 0 amide bonds. The van der Waals surface area contributed by atoms with E-state index in [4.69, 9.17) is 9.47 Å². The number of hydrogen-bond acceptors (Lipinski definition) is 2. The van der Waals surface area contributed by atoms with E-state index in [0.29, 0.717) is 24.4 Å². The average molecular weight is 196 g/mol. The van der Waals surface area contributed by atoms with Crippen LogP contribution in [-0.4, -0.2) is 24.4 Å². The lowest BCUT2D eigenvalue weighted by Crippen LogP contribution is -2.00. The zero-order chi connectivity index (χ0) is 9.38. The van der Waals surface area contributed by atoms with E-state index >= 15 is 0 Å². The highest BCUT2D eigenvalue weighted by Gasteiger charge is 2.40. The zero-order valence-corrected chi connectivity index (χ0v) is 8.78. The monoisotopic (exact) mass is 196 g/mol. The van der Waals surface area contributed by atoms with Crippen LogP contribution in [0.2, 0.25) is 0 Å². The van der Waals surface area contributed by atoms with Gasteiger partial charge in [0, 0.05) is 0 Å². The molecule has 3 aliphatic rings. The van der Waals surface area contributed by atoms with Crippen molar-refractivity contribution in [2.24, 2.45) is 0 Å². The summed E-state index contributed by atoms with van der Waals surface area (Å²) in [6, 6.07) is 0. The van der Waals surface area contributed by atoms with Crippen LogP contribution in [0.3, 0.4) is 0 Å². The summed E-state index contributed by atoms with van der Waals surface area (Å²) in [7, 11) is 0. The summed E-state index contributed by atoms with van der Waals surface area (Å²) >= 11 is 0. The van der Waals surface area contributed by atoms with Crippen LogP contribution in [-0.2, 0) is 9.47 Å². The fraction of sp³-hybridized carbons (Fsp3) is 1.00. The molecule has 80 valence electrons. The Balaban J connectivity index is 1.46. The van der Waals surface area contributed by atoms with Crippen LogP contribution in [0.4, 0.5) is 0 Å². The van der Waals surface area contributed by atoms with E-state index in [1.165, 1.54) is 51.4 Å². The highest BCUT2D eigenvalue weighted by Crippen LogP contribution is 2.36. The van der Waals surface area contributed by atoms with Crippen molar-refractivity contribution in [3.05, 3.63) is 0 Å². The fourth-order valence-corrected chi connectivity index (χ4v) is 2.76. The molecule has 3 fully saturated rings. The standard InChI is InChI=1S/C12H20O2/c1-2-6-10-12(14-10)8-4-3-7-11-9(5-1)13-11/h9-12H,1-8H2. The Hall–Kier alpha value is -0.0800. The molecule has 0 spiro atoms. The van der Waals surface area contributed by atoms with Crippen LogP contribution >= 0.6 is 0 Å². The summed E-state index contributed by atoms with van der Waals surface area (Å²) < 4.78 is 11.3. The molecule has 3 rings (SSSR count). The van der Waals surface area contributed by atoms with E-state index < -0.39 is 0 Å². The van der Waals surface area contributed by atoms with Crippen molar-refractivity contribution in [3.8, 4) is 0 Å². The maximum atomic E-state index is 5.64. The van der Waals surface area contributed by atoms with Gasteiger partial charge in [-0.2, -0.15) is 0 Å². The Morgan fingerprint density at radius 3 is 1.07 bits per heavy atom. The molecule has 2 heteroatoms. The first kappa shape index (κ1) is 9.17. The zero-order valence-electron chi connectivity index (χ0n) is 8.78. The Morgan fingerprint density at radius 1 is 0.500 bits per heavy atom. The molecule has 14 heavy (non-hydrogen) atoms. The summed E-state index contributed by atoms with van der Waals surface area (Å²) in [6.45, 7) is 0. The summed E-state index contributed by atoms with van der Waals surface area (Å²) in [4.78, 5) is 0. The van der Waals surface area contributed by atoms with Crippen LogP contribution in [0.1, 0.15) is 51.4 Å². The molecule has 2 saturated heterocycles. The van der Waals surface area contributed by atoms with Gasteiger partial charge in [0.1, 0.15) is 0 Å². The topological polar surface area (TPSA) is 25.1 Å². The molecule has 0 aromatic rings. The molecule has 0 radical (unpaired) electrons. The highest BCUT2D eigenvalue weighted by atomic mass is 16.6. The van der Waals surface area contributed by atoms with E-state index in [1.54, 1.807) is 0 Å². The Bertz CT molecular complexity index is 162. The van der Waals surface area contributed by atoms with Gasteiger partial charge in [0.25, 0.3) is 0 Å². The molecule has 0 bridgehead atoms. The van der Waals surface area contributed by atoms with E-state index in [-0.39, 0.29) is 0 Å². The molecule has 4 unspecified atom stereocenters. The molecule has 0 aromatic heterocycles. The molecule has 2 heterocycles. The summed E-state index contributed by atoms with van der Waals surface area (Å²) in [5, 5.41) is 0. The quantitative estimate of drug-likeness (QED) is 0.556. The summed E-state index contributed by atoms with van der Waals surface area (Å²) in [5.74, 6) is 0. The van der Waals surface area contributed by atoms with Gasteiger partial charge in [0.05, 0.1) is 24.4 Å². The maximum absolute atomic E-state index is 5.64. The Morgan fingerprint density at radius 2 is 0.786 bits per heavy atom. The minimum atomic E-state index is 0.630. The van der Waals surface area contributed by atoms with Gasteiger partial charge in [0.2, 0.25) is 0 Å². The van der Waals surface area contributed by atoms with Gasteiger partial charge in [-0.15, -0.1) is 0 Å². The van der Waals surface area contributed by atoms with Crippen molar-refractivity contribution in [2.45, 2.75) is 75.8 Å². The molecule has 1 aliphatic carbocycles. The minimum absolute atomic E-state index is 0.630. The van der Waals surface area contributed by atoms with Gasteiger partial charge in [-0.1, -0.05) is 25.7 Å². The van der Waals surface area contributed by atoms with Crippen LogP contribution in [0.25, 0.3) is 0 Å². The number of epoxide rings is 2. The smallest absolute Gasteiger partial charge is 0.0841 e. The van der Waals surface area contributed by atoms with E-state index in [9.17, 15) is 0 Å². The predicted octanol–water partition coefficient (Wildman–Crippen LogP) is 2.66. The maximum Gasteiger partial charge on any atom is 0.0841 e. The third-order valence-corrected chi connectivity index (χ3v) is 3.83. The number of hydrogen-bond donors (Lipinski definition) is 0. The molecule has 1 saturated carbocycles. The van der Waals surface area contributed by atoms with Gasteiger partial charge in [-0.3, -0.25) is 0 Å². The third-order valence-electron chi connectivity index (χ3n) is 3.83. The molecule has 0 N–H and O–H groups in total. The summed E-state index contributed by atoms with van der Waals surface area (Å²) in [5.41, 5.74) is 0. The van der Waals surface area contributed by atoms with Gasteiger partial charge in [0.15, 0.2) is 0 Å². The number of fused-ring (bicyclic) bond motifs is 2. The van der Waals surface area contributed by atoms with E-state index in [1.807, 2.05) is 0 Å². The highest BCUT2D eigenvalue weighted by molar-refractivity contribution is 4.88. The molecule has 2 aliphatic heterocycles. The van der Waals surface area contributed by atoms with Gasteiger partial charge < -0.3 is 9.47 Å². The molecule has 0 aromatic carbocycles. The van der Waals surface area contributed by atoms with E-state index in [0.717, 1.165) is 0 Å². The van der Waals surface area contributed by atoms with Crippen molar-refractivity contribution < 1.29 is 9.47 Å². The van der Waals surface area contributed by atoms with E-state index in [2.05, 4.69) is 0 Å². The molecular formula is C12H20O2. The molecular weight excluding hydrogens is 176 g/mol. The van der Waals surface area contributed by atoms with Crippen molar-refractivity contribution in [3.63, 3.8) is 0 Å². The van der Waals surface area contributed by atoms with Gasteiger partial charge in [-0.05, 0) is 25.7 Å². The summed E-state index contributed by atoms with van der Waals surface area (Å²) in [6.07, 6.45) is 13.1. The SMILES string of the molecule is C1CCC2OC2CCCCC2OC2C1. The van der Waals surface area contributed by atoms with Crippen molar-refractivity contribution in [2.75, 3.05) is 0 Å². The van der Waals surface area contributed by atoms with Gasteiger partial charge in [-0.25, -0.2) is 0 Å². The normalized spacial score (nSPS) is 48.0. The average Bonchev–Trinajstić information content (AvgIpc) is 3.03. The number of ether oxygens (including phenoxy) is 2. The first-order valence-electron chi connectivity index (χ1n) is 6.24. The van der Waals surface area contributed by atoms with Crippen molar-refractivity contribution in [1.82, 2.24) is 0 Å². The lowest BCUT2D eigenvalue weighted by atomic mass is 10.0. The fourth-order valence-electron chi connectivity index (χ4n) is 2.76.